The molecule has 1 aromatic rings. The average molecular weight is 387 g/mol. The van der Waals surface area contributed by atoms with E-state index in [9.17, 15) is 22.8 Å². The Kier molecular flexibility index (Phi) is 5.72. The first-order valence-electron chi connectivity index (χ1n) is 8.64. The molecule has 2 amide bonds. The Hall–Kier alpha value is -2.32. The zero-order valence-electron chi connectivity index (χ0n) is 15.7. The van der Waals surface area contributed by atoms with Gasteiger partial charge in [0, 0.05) is 17.8 Å². The number of carbonyl (C=O) groups excluding carboxylic acids is 2. The molecular formula is C18H24F3N3O3. The number of hydrogen-bond acceptors (Lipinski definition) is 4. The molecule has 6 nitrogen and oxygen atoms in total. The predicted molar refractivity (Wildman–Crippen MR) is 92.3 cm³/mol. The lowest BCUT2D eigenvalue weighted by molar-refractivity contribution is -0.189. The number of alkyl halides is 3. The van der Waals surface area contributed by atoms with E-state index in [1.165, 1.54) is 12.3 Å². The fraction of sp³-hybridized carbons (Fsp3) is 0.611. The molecule has 0 aliphatic heterocycles. The van der Waals surface area contributed by atoms with Gasteiger partial charge in [-0.2, -0.15) is 13.2 Å². The molecule has 2 rings (SSSR count). The van der Waals surface area contributed by atoms with Crippen LogP contribution in [-0.4, -0.2) is 35.1 Å². The predicted octanol–water partition coefficient (Wildman–Crippen LogP) is 2.92. The van der Waals surface area contributed by atoms with Gasteiger partial charge in [0.1, 0.15) is 17.5 Å². The number of nitrogens with two attached hydrogens (primary N) is 1. The zero-order chi connectivity index (χ0) is 20.6. The van der Waals surface area contributed by atoms with Gasteiger partial charge in [-0.15, -0.1) is 0 Å². The van der Waals surface area contributed by atoms with E-state index in [4.69, 9.17) is 10.5 Å². The van der Waals surface area contributed by atoms with Crippen LogP contribution in [-0.2, 0) is 4.79 Å². The van der Waals surface area contributed by atoms with E-state index < -0.39 is 35.6 Å². The Labute approximate surface area is 155 Å². The topological polar surface area (TPSA) is 94.3 Å². The number of primary amides is 1. The lowest BCUT2D eigenvalue weighted by Crippen LogP contribution is -2.52. The fourth-order valence-corrected chi connectivity index (χ4v) is 2.55. The van der Waals surface area contributed by atoms with Crippen molar-refractivity contribution in [1.29, 1.82) is 0 Å². The minimum atomic E-state index is -4.53. The molecule has 0 radical (unpaired) electrons. The second-order valence-corrected chi connectivity index (χ2v) is 7.86. The number of carbonyl (C=O) groups is 2. The minimum absolute atomic E-state index is 0.0196. The number of pyridine rings is 1. The van der Waals surface area contributed by atoms with Crippen LogP contribution in [0.1, 0.15) is 62.5 Å². The first-order chi connectivity index (χ1) is 12.3. The summed E-state index contributed by atoms with van der Waals surface area (Å²) in [5.41, 5.74) is 5.11. The van der Waals surface area contributed by atoms with Crippen LogP contribution in [0, 0.1) is 5.41 Å². The van der Waals surface area contributed by atoms with E-state index in [2.05, 4.69) is 10.3 Å². The van der Waals surface area contributed by atoms with Gasteiger partial charge in [-0.25, -0.2) is 0 Å². The lowest BCUT2D eigenvalue weighted by Gasteiger charge is -2.28. The highest BCUT2D eigenvalue weighted by molar-refractivity contribution is 5.96. The quantitative estimate of drug-likeness (QED) is 0.785. The first kappa shape index (κ1) is 21.0. The van der Waals surface area contributed by atoms with Crippen molar-refractivity contribution in [3.8, 4) is 5.75 Å². The Bertz CT molecular complexity index is 725. The van der Waals surface area contributed by atoms with Crippen LogP contribution in [0.15, 0.2) is 12.3 Å². The van der Waals surface area contributed by atoms with E-state index >= 15 is 0 Å². The number of halogens is 3. The highest BCUT2D eigenvalue weighted by Gasteiger charge is 2.39. The second-order valence-electron chi connectivity index (χ2n) is 7.86. The van der Waals surface area contributed by atoms with Crippen molar-refractivity contribution in [3.63, 3.8) is 0 Å². The molecule has 2 unspecified atom stereocenters. The number of amides is 2. The summed E-state index contributed by atoms with van der Waals surface area (Å²) in [7, 11) is 0. The van der Waals surface area contributed by atoms with Crippen molar-refractivity contribution < 1.29 is 27.5 Å². The number of aromatic nitrogens is 1. The summed E-state index contributed by atoms with van der Waals surface area (Å²) in [5.74, 6) is -1.36. The minimum Gasteiger partial charge on any atom is -0.481 e. The molecule has 0 saturated heterocycles. The van der Waals surface area contributed by atoms with Gasteiger partial charge in [0.2, 0.25) is 5.91 Å². The van der Waals surface area contributed by atoms with Gasteiger partial charge in [-0.05, 0) is 31.1 Å². The Morgan fingerprint density at radius 1 is 1.30 bits per heavy atom. The molecule has 1 saturated carbocycles. The van der Waals surface area contributed by atoms with Crippen LogP contribution >= 0.6 is 0 Å². The largest absolute Gasteiger partial charge is 0.481 e. The summed E-state index contributed by atoms with van der Waals surface area (Å²) < 4.78 is 43.7. The van der Waals surface area contributed by atoms with Crippen molar-refractivity contribution in [3.05, 3.63) is 23.5 Å². The maximum atomic E-state index is 12.9. The molecule has 9 heteroatoms. The van der Waals surface area contributed by atoms with Crippen molar-refractivity contribution in [2.45, 2.75) is 64.8 Å². The van der Waals surface area contributed by atoms with Crippen molar-refractivity contribution in [2.24, 2.45) is 11.1 Å². The molecule has 1 aliphatic rings. The lowest BCUT2D eigenvalue weighted by atomic mass is 9.86. The molecular weight excluding hydrogens is 363 g/mol. The van der Waals surface area contributed by atoms with Crippen LogP contribution < -0.4 is 15.8 Å². The molecule has 1 heterocycles. The Morgan fingerprint density at radius 3 is 2.33 bits per heavy atom. The standard InChI is InChI=1S/C18H24F3N3O3/c1-9(18(19,20)21)27-13-7-12(23-8-11(13)10-5-6-10)16(26)24-14(15(22)25)17(2,3)4/h7-10,14H,5-6H2,1-4H3,(H2,22,25)(H,24,26). The number of ether oxygens (including phenoxy) is 1. The summed E-state index contributed by atoms with van der Waals surface area (Å²) in [5, 5.41) is 2.49. The van der Waals surface area contributed by atoms with Crippen molar-refractivity contribution >= 4 is 11.8 Å². The smallest absolute Gasteiger partial charge is 0.425 e. The van der Waals surface area contributed by atoms with Gasteiger partial charge in [-0.3, -0.25) is 14.6 Å². The monoisotopic (exact) mass is 387 g/mol. The molecule has 0 spiro atoms. The van der Waals surface area contributed by atoms with E-state index in [0.717, 1.165) is 19.8 Å². The molecule has 1 fully saturated rings. The van der Waals surface area contributed by atoms with Crippen LogP contribution in [0.4, 0.5) is 13.2 Å². The third kappa shape index (κ3) is 5.33. The van der Waals surface area contributed by atoms with Crippen LogP contribution in [0.3, 0.4) is 0 Å². The molecule has 27 heavy (non-hydrogen) atoms. The van der Waals surface area contributed by atoms with Gasteiger partial charge in [0.25, 0.3) is 5.91 Å². The molecule has 1 aromatic heterocycles. The summed E-state index contributed by atoms with van der Waals surface area (Å²) in [6.45, 7) is 6.09. The Morgan fingerprint density at radius 2 is 1.89 bits per heavy atom. The zero-order valence-corrected chi connectivity index (χ0v) is 15.7. The highest BCUT2D eigenvalue weighted by Crippen LogP contribution is 2.44. The third-order valence-electron chi connectivity index (χ3n) is 4.34. The molecule has 150 valence electrons. The van der Waals surface area contributed by atoms with E-state index in [-0.39, 0.29) is 17.4 Å². The SMILES string of the molecule is CC(Oc1cc(C(=O)NC(C(N)=O)C(C)(C)C)ncc1C1CC1)C(F)(F)F. The Balaban J connectivity index is 2.28. The van der Waals surface area contributed by atoms with Crippen LogP contribution in [0.2, 0.25) is 0 Å². The maximum Gasteiger partial charge on any atom is 0.425 e. The fourth-order valence-electron chi connectivity index (χ4n) is 2.55. The first-order valence-corrected chi connectivity index (χ1v) is 8.64. The van der Waals surface area contributed by atoms with E-state index in [1.807, 2.05) is 0 Å². The van der Waals surface area contributed by atoms with Gasteiger partial charge < -0.3 is 15.8 Å². The second kappa shape index (κ2) is 7.36. The number of nitrogens with zero attached hydrogens (tertiary/aromatic N) is 1. The van der Waals surface area contributed by atoms with Crippen molar-refractivity contribution in [2.75, 3.05) is 0 Å². The molecule has 1 aliphatic carbocycles. The van der Waals surface area contributed by atoms with E-state index in [1.54, 1.807) is 20.8 Å². The molecule has 0 bridgehead atoms. The van der Waals surface area contributed by atoms with Gasteiger partial charge in [0.05, 0.1) is 0 Å². The normalized spacial score (nSPS) is 17.1. The maximum absolute atomic E-state index is 12.9. The number of hydrogen-bond donors (Lipinski definition) is 2. The molecule has 2 atom stereocenters. The summed E-state index contributed by atoms with van der Waals surface area (Å²) in [4.78, 5) is 28.1. The van der Waals surface area contributed by atoms with Crippen molar-refractivity contribution in [1.82, 2.24) is 10.3 Å². The van der Waals surface area contributed by atoms with Crippen LogP contribution in [0.5, 0.6) is 5.75 Å². The van der Waals surface area contributed by atoms with Gasteiger partial charge in [-0.1, -0.05) is 20.8 Å². The van der Waals surface area contributed by atoms with E-state index in [0.29, 0.717) is 5.56 Å². The average Bonchev–Trinajstić information content (AvgIpc) is 3.34. The summed E-state index contributed by atoms with van der Waals surface area (Å²) in [6, 6.07) is 0.222. The van der Waals surface area contributed by atoms with Gasteiger partial charge in [0.15, 0.2) is 6.10 Å². The van der Waals surface area contributed by atoms with Gasteiger partial charge >= 0.3 is 6.18 Å². The summed E-state index contributed by atoms with van der Waals surface area (Å²) >= 11 is 0. The molecule has 0 aromatic carbocycles. The summed E-state index contributed by atoms with van der Waals surface area (Å²) in [6.07, 6.45) is -3.53. The van der Waals surface area contributed by atoms with Crippen LogP contribution in [0.25, 0.3) is 0 Å². The highest BCUT2D eigenvalue weighted by atomic mass is 19.4. The number of nitrogens with one attached hydrogen (secondary N) is 1. The molecule has 3 N–H and O–H groups in total. The number of rotatable bonds is 6. The third-order valence-corrected chi connectivity index (χ3v) is 4.34.